The fraction of sp³-hybridized carbons (Fsp3) is 0.619. The van der Waals surface area contributed by atoms with Crippen LogP contribution in [0.3, 0.4) is 0 Å². The summed E-state index contributed by atoms with van der Waals surface area (Å²) in [5.41, 5.74) is 2.79. The lowest BCUT2D eigenvalue weighted by molar-refractivity contribution is -0.137. The van der Waals surface area contributed by atoms with Gasteiger partial charge in [-0.15, -0.1) is 0 Å². The zero-order valence-electron chi connectivity index (χ0n) is 14.3. The topological polar surface area (TPSA) is 54.4 Å². The van der Waals surface area contributed by atoms with E-state index in [1.807, 2.05) is 0 Å². The highest BCUT2D eigenvalue weighted by Gasteiger charge is 2.57. The zero-order chi connectivity index (χ0) is 16.9. The monoisotopic (exact) mass is 326 g/mol. The van der Waals surface area contributed by atoms with Crippen molar-refractivity contribution in [3.63, 3.8) is 0 Å². The number of hydrogen-bond donors (Lipinski definition) is 1. The summed E-state index contributed by atoms with van der Waals surface area (Å²) in [7, 11) is 0. The summed E-state index contributed by atoms with van der Waals surface area (Å²) in [6, 6.07) is 8.82. The van der Waals surface area contributed by atoms with Crippen LogP contribution in [0, 0.1) is 23.2 Å². The maximum absolute atomic E-state index is 13.0. The molecule has 1 N–H and O–H groups in total. The third-order valence-electron chi connectivity index (χ3n) is 7.21. The molecule has 1 aromatic carbocycles. The first-order chi connectivity index (χ1) is 11.5. The predicted molar refractivity (Wildman–Crippen MR) is 91.8 cm³/mol. The number of rotatable bonds is 3. The number of ketones is 1. The van der Waals surface area contributed by atoms with Gasteiger partial charge < -0.3 is 5.11 Å². The Bertz CT molecular complexity index is 679. The standard InChI is InChI=1S/C21H26O3/c1-21-11-10-16-15-5-3-2-4-13(15)6-8-17(16)18(21)12-14(20(21)24)7-9-19(22)23/h2-5,14,16-18H,6-12H2,1H3,(H,22,23). The van der Waals surface area contributed by atoms with Crippen LogP contribution in [0.5, 0.6) is 0 Å². The molecule has 24 heavy (non-hydrogen) atoms. The molecule has 0 aliphatic heterocycles. The number of aryl methyl sites for hydroxylation is 1. The number of fused-ring (bicyclic) bond motifs is 5. The van der Waals surface area contributed by atoms with Crippen LogP contribution in [0.1, 0.15) is 62.5 Å². The number of carbonyl (C=O) groups is 2. The molecule has 0 radical (unpaired) electrons. The van der Waals surface area contributed by atoms with Crippen LogP contribution in [-0.2, 0) is 16.0 Å². The van der Waals surface area contributed by atoms with Crippen LogP contribution in [-0.4, -0.2) is 16.9 Å². The molecule has 4 rings (SSSR count). The van der Waals surface area contributed by atoms with E-state index in [0.717, 1.165) is 25.7 Å². The molecule has 0 heterocycles. The number of carboxylic acids is 1. The number of carboxylic acid groups (broad SMARTS) is 1. The summed E-state index contributed by atoms with van der Waals surface area (Å²) < 4.78 is 0. The summed E-state index contributed by atoms with van der Waals surface area (Å²) in [4.78, 5) is 23.9. The van der Waals surface area contributed by atoms with E-state index >= 15 is 0 Å². The van der Waals surface area contributed by atoms with Crippen molar-refractivity contribution in [3.05, 3.63) is 35.4 Å². The number of benzene rings is 1. The number of Topliss-reactive ketones (excluding diaryl/α,β-unsaturated/α-hetero) is 1. The Morgan fingerprint density at radius 1 is 1.29 bits per heavy atom. The van der Waals surface area contributed by atoms with Gasteiger partial charge in [-0.1, -0.05) is 31.2 Å². The number of aliphatic carboxylic acids is 1. The van der Waals surface area contributed by atoms with Gasteiger partial charge in [-0.05, 0) is 67.4 Å². The molecule has 0 spiro atoms. The van der Waals surface area contributed by atoms with Gasteiger partial charge in [0.05, 0.1) is 0 Å². The van der Waals surface area contributed by atoms with Crippen molar-refractivity contribution in [3.8, 4) is 0 Å². The van der Waals surface area contributed by atoms with E-state index in [2.05, 4.69) is 31.2 Å². The van der Waals surface area contributed by atoms with Crippen LogP contribution in [0.4, 0.5) is 0 Å². The fourth-order valence-electron chi connectivity index (χ4n) is 6.01. The first-order valence-electron chi connectivity index (χ1n) is 9.34. The third-order valence-corrected chi connectivity index (χ3v) is 7.21. The molecule has 1 aromatic rings. The highest BCUT2D eigenvalue weighted by molar-refractivity contribution is 5.90. The molecule has 128 valence electrons. The molecule has 0 saturated heterocycles. The summed E-state index contributed by atoms with van der Waals surface area (Å²) in [5, 5.41) is 8.97. The van der Waals surface area contributed by atoms with Crippen LogP contribution in [0.25, 0.3) is 0 Å². The smallest absolute Gasteiger partial charge is 0.303 e. The van der Waals surface area contributed by atoms with E-state index in [1.165, 1.54) is 17.5 Å². The second-order valence-electron chi connectivity index (χ2n) is 8.30. The van der Waals surface area contributed by atoms with E-state index in [-0.39, 0.29) is 17.8 Å². The molecule has 0 bridgehead atoms. The van der Waals surface area contributed by atoms with Crippen LogP contribution < -0.4 is 0 Å². The van der Waals surface area contributed by atoms with E-state index < -0.39 is 5.97 Å². The van der Waals surface area contributed by atoms with Gasteiger partial charge >= 0.3 is 5.97 Å². The van der Waals surface area contributed by atoms with Crippen molar-refractivity contribution >= 4 is 11.8 Å². The van der Waals surface area contributed by atoms with Gasteiger partial charge in [0.25, 0.3) is 0 Å². The lowest BCUT2D eigenvalue weighted by atomic mass is 9.55. The molecule has 3 aliphatic carbocycles. The van der Waals surface area contributed by atoms with Gasteiger partial charge in [0.2, 0.25) is 0 Å². The summed E-state index contributed by atoms with van der Waals surface area (Å²) >= 11 is 0. The Hall–Kier alpha value is -1.64. The Morgan fingerprint density at radius 2 is 2.08 bits per heavy atom. The zero-order valence-corrected chi connectivity index (χ0v) is 14.3. The minimum Gasteiger partial charge on any atom is -0.481 e. The molecule has 5 atom stereocenters. The first-order valence-corrected chi connectivity index (χ1v) is 9.34. The lowest BCUT2D eigenvalue weighted by Gasteiger charge is -2.48. The molecular formula is C21H26O3. The van der Waals surface area contributed by atoms with Crippen LogP contribution in [0.15, 0.2) is 24.3 Å². The van der Waals surface area contributed by atoms with Crippen molar-refractivity contribution in [1.29, 1.82) is 0 Å². The minimum absolute atomic E-state index is 0.0352. The van der Waals surface area contributed by atoms with Crippen molar-refractivity contribution in [1.82, 2.24) is 0 Å². The molecule has 0 amide bonds. The summed E-state index contributed by atoms with van der Waals surface area (Å²) in [6.45, 7) is 2.16. The average molecular weight is 326 g/mol. The Kier molecular flexibility index (Phi) is 3.78. The Morgan fingerprint density at radius 3 is 2.88 bits per heavy atom. The fourth-order valence-corrected chi connectivity index (χ4v) is 6.01. The quantitative estimate of drug-likeness (QED) is 0.905. The molecule has 3 aliphatic rings. The van der Waals surface area contributed by atoms with Crippen molar-refractivity contribution in [2.24, 2.45) is 23.2 Å². The van der Waals surface area contributed by atoms with E-state index in [4.69, 9.17) is 5.11 Å². The third kappa shape index (κ3) is 2.32. The molecule has 2 fully saturated rings. The molecule has 3 nitrogen and oxygen atoms in total. The van der Waals surface area contributed by atoms with Gasteiger partial charge in [0.15, 0.2) is 0 Å². The Labute approximate surface area is 143 Å². The van der Waals surface area contributed by atoms with Gasteiger partial charge in [-0.3, -0.25) is 9.59 Å². The Balaban J connectivity index is 1.60. The lowest BCUT2D eigenvalue weighted by Crippen LogP contribution is -2.42. The highest BCUT2D eigenvalue weighted by Crippen LogP contribution is 2.61. The van der Waals surface area contributed by atoms with Gasteiger partial charge in [0.1, 0.15) is 5.78 Å². The van der Waals surface area contributed by atoms with Crippen molar-refractivity contribution in [2.45, 2.75) is 57.8 Å². The second-order valence-corrected chi connectivity index (χ2v) is 8.30. The maximum atomic E-state index is 13.0. The maximum Gasteiger partial charge on any atom is 0.303 e. The highest BCUT2D eigenvalue weighted by atomic mass is 16.4. The molecule has 0 aromatic heterocycles. The van der Waals surface area contributed by atoms with E-state index in [0.29, 0.717) is 30.0 Å². The normalized spacial score (nSPS) is 37.5. The van der Waals surface area contributed by atoms with E-state index in [9.17, 15) is 9.59 Å². The largest absolute Gasteiger partial charge is 0.481 e. The van der Waals surface area contributed by atoms with Crippen LogP contribution in [0.2, 0.25) is 0 Å². The minimum atomic E-state index is -0.785. The van der Waals surface area contributed by atoms with E-state index in [1.54, 1.807) is 0 Å². The number of hydrogen-bond acceptors (Lipinski definition) is 2. The van der Waals surface area contributed by atoms with Crippen LogP contribution >= 0.6 is 0 Å². The van der Waals surface area contributed by atoms with Gasteiger partial charge in [-0.25, -0.2) is 0 Å². The molecule has 3 heteroatoms. The van der Waals surface area contributed by atoms with Gasteiger partial charge in [-0.2, -0.15) is 0 Å². The van der Waals surface area contributed by atoms with Gasteiger partial charge in [0, 0.05) is 17.8 Å². The number of carbonyl (C=O) groups excluding carboxylic acids is 1. The molecular weight excluding hydrogens is 300 g/mol. The summed E-state index contributed by atoms with van der Waals surface area (Å²) in [5.74, 6) is 1.16. The first kappa shape index (κ1) is 15.9. The average Bonchev–Trinajstić information content (AvgIpc) is 2.84. The SMILES string of the molecule is CC12CCC3c4ccccc4CCC3C1CC(CCC(=O)O)C2=O. The summed E-state index contributed by atoms with van der Waals surface area (Å²) in [6.07, 6.45) is 5.93. The predicted octanol–water partition coefficient (Wildman–Crippen LogP) is 4.20. The van der Waals surface area contributed by atoms with Crippen molar-refractivity contribution < 1.29 is 14.7 Å². The van der Waals surface area contributed by atoms with Crippen molar-refractivity contribution in [2.75, 3.05) is 0 Å². The molecule has 5 unspecified atom stereocenters. The second kappa shape index (κ2) is 5.72. The molecule has 2 saturated carbocycles.